The summed E-state index contributed by atoms with van der Waals surface area (Å²) < 4.78 is 10.2. The highest BCUT2D eigenvalue weighted by atomic mass is 16.6. The van der Waals surface area contributed by atoms with Crippen LogP contribution in [0.15, 0.2) is 0 Å². The number of amides is 1. The molecule has 0 bridgehead atoms. The molecule has 1 atom stereocenters. The molecule has 0 aliphatic carbocycles. The maximum absolute atomic E-state index is 12.2. The Kier molecular flexibility index (Phi) is 7.45. The fourth-order valence-electron chi connectivity index (χ4n) is 2.66. The second-order valence-electron chi connectivity index (χ2n) is 6.85. The summed E-state index contributed by atoms with van der Waals surface area (Å²) >= 11 is 0. The molecule has 0 radical (unpaired) electrons. The van der Waals surface area contributed by atoms with Crippen molar-refractivity contribution in [3.05, 3.63) is 17.2 Å². The number of imidazole rings is 1. The number of rotatable bonds is 2. The summed E-state index contributed by atoms with van der Waals surface area (Å²) in [4.78, 5) is 33.1. The molecule has 25 heavy (non-hydrogen) atoms. The fraction of sp³-hybridized carbons (Fsp3) is 0.722. The lowest BCUT2D eigenvalue weighted by molar-refractivity contribution is 0.0195. The van der Waals surface area contributed by atoms with E-state index in [2.05, 4.69) is 9.97 Å². The van der Waals surface area contributed by atoms with Gasteiger partial charge in [-0.1, -0.05) is 13.8 Å². The van der Waals surface area contributed by atoms with E-state index in [1.807, 2.05) is 34.6 Å². The third-order valence-electron chi connectivity index (χ3n) is 3.74. The second-order valence-corrected chi connectivity index (χ2v) is 6.85. The number of ether oxygens (including phenoxy) is 2. The number of aromatic amines is 1. The fourth-order valence-corrected chi connectivity index (χ4v) is 2.66. The lowest BCUT2D eigenvalue weighted by Gasteiger charge is -2.33. The highest BCUT2D eigenvalue weighted by Gasteiger charge is 2.30. The molecule has 1 unspecified atom stereocenters. The minimum atomic E-state index is -0.511. The molecule has 0 saturated carbocycles. The van der Waals surface area contributed by atoms with Gasteiger partial charge in [-0.15, -0.1) is 0 Å². The van der Waals surface area contributed by atoms with Gasteiger partial charge >= 0.3 is 12.1 Å². The topological polar surface area (TPSA) is 84.5 Å². The molecule has 2 heterocycles. The maximum atomic E-state index is 12.2. The summed E-state index contributed by atoms with van der Waals surface area (Å²) in [6.45, 7) is 12.6. The molecule has 1 aliphatic rings. The number of carbonyl (C=O) groups is 2. The smallest absolute Gasteiger partial charge is 0.410 e. The molecule has 7 nitrogen and oxygen atoms in total. The quantitative estimate of drug-likeness (QED) is 0.821. The minimum absolute atomic E-state index is 0.0633. The zero-order valence-corrected chi connectivity index (χ0v) is 16.4. The predicted octanol–water partition coefficient (Wildman–Crippen LogP) is 3.65. The van der Waals surface area contributed by atoms with Crippen molar-refractivity contribution in [1.29, 1.82) is 0 Å². The number of hydrogen-bond donors (Lipinski definition) is 1. The van der Waals surface area contributed by atoms with E-state index in [1.54, 1.807) is 11.8 Å². The van der Waals surface area contributed by atoms with Gasteiger partial charge in [-0.25, -0.2) is 14.6 Å². The van der Waals surface area contributed by atoms with Crippen LogP contribution in [0.1, 0.15) is 75.4 Å². The van der Waals surface area contributed by atoms with Gasteiger partial charge in [0, 0.05) is 24.7 Å². The van der Waals surface area contributed by atoms with Gasteiger partial charge in [0.25, 0.3) is 0 Å². The van der Waals surface area contributed by atoms with E-state index in [9.17, 15) is 9.59 Å². The Hall–Kier alpha value is -2.05. The van der Waals surface area contributed by atoms with E-state index in [0.717, 1.165) is 18.7 Å². The van der Waals surface area contributed by atoms with Crippen LogP contribution in [0, 0.1) is 6.92 Å². The lowest BCUT2D eigenvalue weighted by Crippen LogP contribution is -2.42. The Morgan fingerprint density at radius 2 is 1.92 bits per heavy atom. The van der Waals surface area contributed by atoms with Gasteiger partial charge in [-0.2, -0.15) is 0 Å². The third kappa shape index (κ3) is 5.76. The number of piperidine rings is 1. The molecule has 7 heteroatoms. The zero-order valence-electron chi connectivity index (χ0n) is 16.4. The average molecular weight is 353 g/mol. The summed E-state index contributed by atoms with van der Waals surface area (Å²) in [5, 5.41) is 0. The van der Waals surface area contributed by atoms with Gasteiger partial charge in [0.1, 0.15) is 11.4 Å². The van der Waals surface area contributed by atoms with Gasteiger partial charge in [0.05, 0.1) is 7.11 Å². The molecule has 1 aliphatic heterocycles. The van der Waals surface area contributed by atoms with Crippen molar-refractivity contribution in [3.8, 4) is 0 Å². The molecule has 1 amide bonds. The number of aryl methyl sites for hydroxylation is 1. The first kappa shape index (κ1) is 21.0. The molecule has 1 aromatic rings. The maximum Gasteiger partial charge on any atom is 0.410 e. The third-order valence-corrected chi connectivity index (χ3v) is 3.74. The van der Waals surface area contributed by atoms with Crippen LogP contribution in [0.5, 0.6) is 0 Å². The monoisotopic (exact) mass is 353 g/mol. The number of H-pyrrole nitrogens is 1. The van der Waals surface area contributed by atoms with Gasteiger partial charge in [0.15, 0.2) is 5.69 Å². The average Bonchev–Trinajstić information content (AvgIpc) is 2.96. The Morgan fingerprint density at radius 1 is 1.28 bits per heavy atom. The van der Waals surface area contributed by atoms with Gasteiger partial charge < -0.3 is 19.4 Å². The van der Waals surface area contributed by atoms with Crippen LogP contribution < -0.4 is 0 Å². The van der Waals surface area contributed by atoms with E-state index in [-0.39, 0.29) is 12.0 Å². The van der Waals surface area contributed by atoms with Crippen LogP contribution in [-0.2, 0) is 9.47 Å². The van der Waals surface area contributed by atoms with Gasteiger partial charge in [-0.05, 0) is 40.5 Å². The summed E-state index contributed by atoms with van der Waals surface area (Å²) in [5.41, 5.74) is 0.474. The molecule has 142 valence electrons. The minimum Gasteiger partial charge on any atom is -0.464 e. The Bertz CT molecular complexity index is 590. The van der Waals surface area contributed by atoms with Crippen molar-refractivity contribution >= 4 is 12.1 Å². The molecular weight excluding hydrogens is 322 g/mol. The molecule has 1 saturated heterocycles. The van der Waals surface area contributed by atoms with Crippen LogP contribution in [-0.4, -0.2) is 52.7 Å². The van der Waals surface area contributed by atoms with Crippen molar-refractivity contribution in [2.45, 2.75) is 65.9 Å². The van der Waals surface area contributed by atoms with Crippen LogP contribution in [0.4, 0.5) is 4.79 Å². The summed E-state index contributed by atoms with van der Waals surface area (Å²) in [6.07, 6.45) is 1.48. The highest BCUT2D eigenvalue weighted by molar-refractivity contribution is 5.88. The molecule has 1 aromatic heterocycles. The molecule has 0 aromatic carbocycles. The zero-order chi connectivity index (χ0) is 19.2. The van der Waals surface area contributed by atoms with Crippen molar-refractivity contribution in [3.63, 3.8) is 0 Å². The van der Waals surface area contributed by atoms with E-state index < -0.39 is 11.6 Å². The van der Waals surface area contributed by atoms with Crippen molar-refractivity contribution < 1.29 is 19.1 Å². The van der Waals surface area contributed by atoms with Gasteiger partial charge in [-0.3, -0.25) is 0 Å². The van der Waals surface area contributed by atoms with E-state index in [1.165, 1.54) is 7.11 Å². The Morgan fingerprint density at radius 3 is 2.48 bits per heavy atom. The largest absolute Gasteiger partial charge is 0.464 e. The number of aromatic nitrogens is 2. The number of nitrogens with zero attached hydrogens (tertiary/aromatic N) is 2. The number of esters is 1. The number of likely N-dealkylation sites (tertiary alicyclic amines) is 1. The Labute approximate surface area is 150 Å². The SMILES string of the molecule is CC.COC(=O)c1nc(C2CCCN(C(=O)OC(C)(C)C)C2)[nH]c1C. The first-order valence-electron chi connectivity index (χ1n) is 8.84. The van der Waals surface area contributed by atoms with Crippen LogP contribution in [0.3, 0.4) is 0 Å². The van der Waals surface area contributed by atoms with Gasteiger partial charge in [0.2, 0.25) is 0 Å². The molecule has 2 rings (SSSR count). The normalized spacial score (nSPS) is 17.4. The standard InChI is InChI=1S/C16H25N3O4.C2H6/c1-10-12(14(20)22-5)18-13(17-10)11-7-6-8-19(9-11)15(21)23-16(2,3)4;1-2/h11H,6-9H2,1-5H3,(H,17,18);1-2H3. The first-order chi connectivity index (χ1) is 11.7. The summed E-state index contributed by atoms with van der Waals surface area (Å²) in [6, 6.07) is 0. The molecular formula is C18H31N3O4. The number of hydrogen-bond acceptors (Lipinski definition) is 5. The lowest BCUT2D eigenvalue weighted by atomic mass is 9.98. The van der Waals surface area contributed by atoms with Crippen LogP contribution in [0.2, 0.25) is 0 Å². The Balaban J connectivity index is 0.00000151. The van der Waals surface area contributed by atoms with Crippen molar-refractivity contribution in [2.24, 2.45) is 0 Å². The number of carbonyl (C=O) groups excluding carboxylic acids is 2. The van der Waals surface area contributed by atoms with E-state index in [0.29, 0.717) is 24.5 Å². The second kappa shape index (κ2) is 8.87. The summed E-state index contributed by atoms with van der Waals surface area (Å²) in [7, 11) is 1.33. The highest BCUT2D eigenvalue weighted by Crippen LogP contribution is 2.27. The van der Waals surface area contributed by atoms with Crippen molar-refractivity contribution in [2.75, 3.05) is 20.2 Å². The van der Waals surface area contributed by atoms with Crippen LogP contribution >= 0.6 is 0 Å². The summed E-state index contributed by atoms with van der Waals surface area (Å²) in [5.74, 6) is 0.328. The van der Waals surface area contributed by atoms with Crippen molar-refractivity contribution in [1.82, 2.24) is 14.9 Å². The molecule has 1 N–H and O–H groups in total. The molecule has 1 fully saturated rings. The number of nitrogens with one attached hydrogen (secondary N) is 1. The number of methoxy groups -OCH3 is 1. The predicted molar refractivity (Wildman–Crippen MR) is 95.8 cm³/mol. The first-order valence-corrected chi connectivity index (χ1v) is 8.84. The molecule has 0 spiro atoms. The van der Waals surface area contributed by atoms with E-state index in [4.69, 9.17) is 9.47 Å². The van der Waals surface area contributed by atoms with E-state index >= 15 is 0 Å². The van der Waals surface area contributed by atoms with Crippen LogP contribution in [0.25, 0.3) is 0 Å².